The highest BCUT2D eigenvalue weighted by atomic mass is 32.2. The van der Waals surface area contributed by atoms with Gasteiger partial charge in [0, 0.05) is 27.7 Å². The van der Waals surface area contributed by atoms with Crippen LogP contribution in [0.15, 0.2) is 23.1 Å². The van der Waals surface area contributed by atoms with Gasteiger partial charge in [-0.2, -0.15) is 0 Å². The minimum absolute atomic E-state index is 0.163. The van der Waals surface area contributed by atoms with E-state index in [1.54, 1.807) is 12.1 Å². The number of benzene rings is 1. The molecule has 0 amide bonds. The number of para-hydroxylation sites is 1. The monoisotopic (exact) mass is 299 g/mol. The van der Waals surface area contributed by atoms with E-state index in [9.17, 15) is 8.42 Å². The molecule has 1 atom stereocenters. The summed E-state index contributed by atoms with van der Waals surface area (Å²) in [7, 11) is 1.43. The van der Waals surface area contributed by atoms with Crippen LogP contribution >= 0.6 is 0 Å². The highest BCUT2D eigenvalue weighted by Crippen LogP contribution is 2.30. The highest BCUT2D eigenvalue weighted by Gasteiger charge is 2.22. The Morgan fingerprint density at radius 3 is 2.35 bits per heavy atom. The summed E-state index contributed by atoms with van der Waals surface area (Å²) in [6.45, 7) is 5.13. The van der Waals surface area contributed by atoms with Gasteiger partial charge in [0.15, 0.2) is 0 Å². The molecular weight excluding hydrogens is 274 g/mol. The molecule has 1 rings (SSSR count). The first kappa shape index (κ1) is 16.8. The first-order valence-electron chi connectivity index (χ1n) is 6.74. The lowest BCUT2D eigenvalue weighted by molar-refractivity contribution is 0.521. The predicted octanol–water partition coefficient (Wildman–Crippen LogP) is 2.00. The zero-order valence-electron chi connectivity index (χ0n) is 12.9. The summed E-state index contributed by atoms with van der Waals surface area (Å²) in [5, 5.41) is 0. The summed E-state index contributed by atoms with van der Waals surface area (Å²) < 4.78 is 25.6. The molecule has 0 saturated heterocycles. The van der Waals surface area contributed by atoms with Gasteiger partial charge in [-0.3, -0.25) is 0 Å². The molecule has 0 heterocycles. The minimum Gasteiger partial charge on any atom is -0.396 e. The lowest BCUT2D eigenvalue weighted by atomic mass is 10.1. The zero-order chi connectivity index (χ0) is 15.5. The van der Waals surface area contributed by atoms with Gasteiger partial charge in [-0.1, -0.05) is 26.3 Å². The predicted molar refractivity (Wildman–Crippen MR) is 84.5 cm³/mol. The average Bonchev–Trinajstić information content (AvgIpc) is 2.38. The van der Waals surface area contributed by atoms with Crippen molar-refractivity contribution in [1.29, 1.82) is 0 Å². The standard InChI is InChI=1S/C14H25N3O2S/c1-6-11(2)10-17(5)12-8-7-9-13(14(12)15)20(18,19)16(3)4/h7-9,11H,6,10,15H2,1-5H3. The Kier molecular flexibility index (Phi) is 5.42. The normalized spacial score (nSPS) is 13.5. The Morgan fingerprint density at radius 2 is 1.85 bits per heavy atom. The molecule has 0 saturated carbocycles. The van der Waals surface area contributed by atoms with Crippen molar-refractivity contribution < 1.29 is 8.42 Å². The third kappa shape index (κ3) is 3.43. The molecule has 0 aliphatic carbocycles. The quantitative estimate of drug-likeness (QED) is 0.816. The van der Waals surface area contributed by atoms with E-state index >= 15 is 0 Å². The fourth-order valence-electron chi connectivity index (χ4n) is 1.98. The number of sulfonamides is 1. The van der Waals surface area contributed by atoms with Crippen LogP contribution in [0.5, 0.6) is 0 Å². The topological polar surface area (TPSA) is 66.6 Å². The lowest BCUT2D eigenvalue weighted by Gasteiger charge is -2.25. The van der Waals surface area contributed by atoms with Gasteiger partial charge < -0.3 is 10.6 Å². The molecule has 114 valence electrons. The fraction of sp³-hybridized carbons (Fsp3) is 0.571. The maximum Gasteiger partial charge on any atom is 0.244 e. The third-order valence-electron chi connectivity index (χ3n) is 3.50. The molecule has 0 bridgehead atoms. The van der Waals surface area contributed by atoms with Crippen LogP contribution in [0.3, 0.4) is 0 Å². The van der Waals surface area contributed by atoms with Gasteiger partial charge in [0.25, 0.3) is 0 Å². The Hall–Kier alpha value is -1.27. The van der Waals surface area contributed by atoms with Gasteiger partial charge in [-0.15, -0.1) is 0 Å². The second-order valence-corrected chi connectivity index (χ2v) is 7.49. The SMILES string of the molecule is CCC(C)CN(C)c1cccc(S(=O)(=O)N(C)C)c1N. The molecule has 0 radical (unpaired) electrons. The highest BCUT2D eigenvalue weighted by molar-refractivity contribution is 7.89. The molecule has 5 nitrogen and oxygen atoms in total. The van der Waals surface area contributed by atoms with Crippen LogP contribution in [-0.2, 0) is 10.0 Å². The van der Waals surface area contributed by atoms with E-state index in [4.69, 9.17) is 5.73 Å². The number of rotatable bonds is 6. The van der Waals surface area contributed by atoms with E-state index in [1.165, 1.54) is 18.4 Å². The minimum atomic E-state index is -3.52. The zero-order valence-corrected chi connectivity index (χ0v) is 13.7. The molecule has 1 aromatic carbocycles. The van der Waals surface area contributed by atoms with Gasteiger partial charge in [0.2, 0.25) is 10.0 Å². The maximum absolute atomic E-state index is 12.2. The van der Waals surface area contributed by atoms with E-state index < -0.39 is 10.0 Å². The van der Waals surface area contributed by atoms with Crippen molar-refractivity contribution in [2.45, 2.75) is 25.2 Å². The third-order valence-corrected chi connectivity index (χ3v) is 5.37. The van der Waals surface area contributed by atoms with Crippen LogP contribution < -0.4 is 10.6 Å². The van der Waals surface area contributed by atoms with E-state index in [1.807, 2.05) is 18.0 Å². The Morgan fingerprint density at radius 1 is 1.25 bits per heavy atom. The van der Waals surface area contributed by atoms with Crippen molar-refractivity contribution in [2.24, 2.45) is 5.92 Å². The van der Waals surface area contributed by atoms with Gasteiger partial charge in [-0.25, -0.2) is 12.7 Å². The number of hydrogen-bond acceptors (Lipinski definition) is 4. The van der Waals surface area contributed by atoms with E-state index in [0.717, 1.165) is 18.7 Å². The second kappa shape index (κ2) is 6.45. The van der Waals surface area contributed by atoms with Crippen LogP contribution in [0.1, 0.15) is 20.3 Å². The fourth-order valence-corrected chi connectivity index (χ4v) is 3.01. The van der Waals surface area contributed by atoms with Crippen LogP contribution in [0, 0.1) is 5.92 Å². The lowest BCUT2D eigenvalue weighted by Crippen LogP contribution is -2.27. The molecule has 0 fully saturated rings. The van der Waals surface area contributed by atoms with Crippen LogP contribution in [0.4, 0.5) is 11.4 Å². The molecule has 6 heteroatoms. The summed E-state index contributed by atoms with van der Waals surface area (Å²) in [4.78, 5) is 2.18. The smallest absolute Gasteiger partial charge is 0.244 e. The van der Waals surface area contributed by atoms with Gasteiger partial charge in [0.05, 0.1) is 11.4 Å². The van der Waals surface area contributed by atoms with Crippen LogP contribution in [-0.4, -0.2) is 40.4 Å². The number of anilines is 2. The summed E-state index contributed by atoms with van der Waals surface area (Å²) >= 11 is 0. The second-order valence-electron chi connectivity index (χ2n) is 5.37. The Labute approximate surface area is 122 Å². The van der Waals surface area contributed by atoms with Crippen molar-refractivity contribution >= 4 is 21.4 Å². The molecule has 2 N–H and O–H groups in total. The van der Waals surface area contributed by atoms with E-state index in [2.05, 4.69) is 13.8 Å². The van der Waals surface area contributed by atoms with Crippen LogP contribution in [0.2, 0.25) is 0 Å². The van der Waals surface area contributed by atoms with Gasteiger partial charge in [0.1, 0.15) is 4.90 Å². The summed E-state index contributed by atoms with van der Waals surface area (Å²) in [6.07, 6.45) is 1.07. The molecular formula is C14H25N3O2S. The van der Waals surface area contributed by atoms with Crippen LogP contribution in [0.25, 0.3) is 0 Å². The van der Waals surface area contributed by atoms with Crippen molar-refractivity contribution in [3.8, 4) is 0 Å². The molecule has 0 aliphatic heterocycles. The molecule has 0 aromatic heterocycles. The summed E-state index contributed by atoms with van der Waals surface area (Å²) in [5.41, 5.74) is 7.15. The average molecular weight is 299 g/mol. The maximum atomic E-state index is 12.2. The number of nitrogens with zero attached hydrogens (tertiary/aromatic N) is 2. The molecule has 1 aromatic rings. The van der Waals surface area contributed by atoms with Crippen molar-refractivity contribution in [2.75, 3.05) is 38.3 Å². The van der Waals surface area contributed by atoms with Crippen molar-refractivity contribution in [1.82, 2.24) is 4.31 Å². The largest absolute Gasteiger partial charge is 0.396 e. The molecule has 20 heavy (non-hydrogen) atoms. The summed E-state index contributed by atoms with van der Waals surface area (Å²) in [5.74, 6) is 0.522. The van der Waals surface area contributed by atoms with Gasteiger partial charge >= 0.3 is 0 Å². The molecule has 0 spiro atoms. The Balaban J connectivity index is 3.20. The number of nitrogens with two attached hydrogens (primary N) is 1. The summed E-state index contributed by atoms with van der Waals surface area (Å²) in [6, 6.07) is 5.13. The number of nitrogen functional groups attached to an aromatic ring is 1. The first-order valence-corrected chi connectivity index (χ1v) is 8.18. The molecule has 0 aliphatic rings. The molecule has 1 unspecified atom stereocenters. The van der Waals surface area contributed by atoms with E-state index in [-0.39, 0.29) is 4.90 Å². The first-order chi connectivity index (χ1) is 9.21. The van der Waals surface area contributed by atoms with Crippen molar-refractivity contribution in [3.05, 3.63) is 18.2 Å². The Bertz CT molecular complexity index is 556. The van der Waals surface area contributed by atoms with Crippen molar-refractivity contribution in [3.63, 3.8) is 0 Å². The number of hydrogen-bond donors (Lipinski definition) is 1. The van der Waals surface area contributed by atoms with Gasteiger partial charge in [-0.05, 0) is 18.1 Å². The van der Waals surface area contributed by atoms with E-state index in [0.29, 0.717) is 11.6 Å².